The van der Waals surface area contributed by atoms with Gasteiger partial charge in [0.25, 0.3) is 0 Å². The van der Waals surface area contributed by atoms with Gasteiger partial charge in [0, 0.05) is 65.1 Å². The summed E-state index contributed by atoms with van der Waals surface area (Å²) in [4.78, 5) is 9.49. The lowest BCUT2D eigenvalue weighted by Crippen LogP contribution is -2.09. The molecule has 0 amide bonds. The van der Waals surface area contributed by atoms with E-state index in [9.17, 15) is 11.8 Å². The van der Waals surface area contributed by atoms with E-state index in [2.05, 4.69) is 135 Å². The van der Waals surface area contributed by atoms with Crippen LogP contribution in [-0.4, -0.2) is 14.1 Å². The van der Waals surface area contributed by atoms with Crippen LogP contribution in [0, 0.1) is 17.9 Å². The van der Waals surface area contributed by atoms with Crippen molar-refractivity contribution >= 4 is 124 Å². The van der Waals surface area contributed by atoms with Crippen molar-refractivity contribution in [2.45, 2.75) is 0 Å². The van der Waals surface area contributed by atoms with Crippen molar-refractivity contribution in [2.75, 3.05) is 0 Å². The van der Waals surface area contributed by atoms with Gasteiger partial charge in [-0.15, -0.1) is 11.3 Å². The van der Waals surface area contributed by atoms with Gasteiger partial charge in [-0.2, -0.15) is 5.26 Å². The molecule has 7 heteroatoms. The number of para-hydroxylation sites is 1. The number of hydrogen-bond donors (Lipinski definition) is 0. The van der Waals surface area contributed by atoms with Crippen molar-refractivity contribution in [3.05, 3.63) is 205 Å². The van der Waals surface area contributed by atoms with E-state index in [1.54, 1.807) is 11.3 Å². The maximum atomic E-state index is 12.0. The summed E-state index contributed by atoms with van der Waals surface area (Å²) in [5, 5.41) is 25.0. The first kappa shape index (κ1) is 37.0. The van der Waals surface area contributed by atoms with E-state index >= 15 is 0 Å². The van der Waals surface area contributed by atoms with Crippen LogP contribution in [0.3, 0.4) is 0 Å². The highest BCUT2D eigenvalue weighted by Crippen LogP contribution is 2.55. The topological polar surface area (TPSA) is 64.0 Å². The Morgan fingerprint density at radius 1 is 0.500 bits per heavy atom. The van der Waals surface area contributed by atoms with E-state index in [0.29, 0.717) is 28.2 Å². The second-order valence-corrected chi connectivity index (χ2v) is 18.5. The molecule has 6 nitrogen and oxygen atoms in total. The normalized spacial score (nSPS) is 12.1. The molecule has 0 spiro atoms. The summed E-state index contributed by atoms with van der Waals surface area (Å²) in [6, 6.07) is 63.7. The third-order valence-electron chi connectivity index (χ3n) is 14.2. The van der Waals surface area contributed by atoms with Crippen molar-refractivity contribution < 1.29 is 4.42 Å². The molecule has 0 aliphatic heterocycles. The van der Waals surface area contributed by atoms with Gasteiger partial charge >= 0.3 is 0 Å². The first-order valence-electron chi connectivity index (χ1n) is 22.5. The average Bonchev–Trinajstić information content (AvgIpc) is 4.16. The molecule has 5 heterocycles. The lowest BCUT2D eigenvalue weighted by atomic mass is 9.88. The molecule has 15 rings (SSSR count). The standard InChI is InChI=1S/C61H31N5OS/c1-63-56-51(34-15-4-2-5-16-34)44(31-62)57(52(35-17-6-3-7-18-35)59(56)65-46-24-14-23-40-36-19-8-9-20-37(36)45-32-64-33-48(65)54(45)53(40)46)66-47-30-29-41-38-21-10-12-25-49(38)67-60(41)55(47)43-28-27-42-39-22-11-13-26-50(39)68-61(42)58(43)66/h2-30,32-33H. The highest BCUT2D eigenvalue weighted by molar-refractivity contribution is 7.26. The minimum atomic E-state index is 0.383. The van der Waals surface area contributed by atoms with E-state index in [4.69, 9.17) is 9.40 Å². The van der Waals surface area contributed by atoms with Crippen LogP contribution >= 0.6 is 11.3 Å². The fourth-order valence-electron chi connectivity index (χ4n) is 11.5. The number of fused-ring (bicyclic) bond motifs is 14. The van der Waals surface area contributed by atoms with Crippen molar-refractivity contribution in [1.82, 2.24) is 14.1 Å². The summed E-state index contributed by atoms with van der Waals surface area (Å²) in [5.41, 5.74) is 10.5. The number of benzene rings is 10. The molecule has 15 aromatic rings. The Balaban J connectivity index is 1.25. The Bertz CT molecular complexity index is 4660. The van der Waals surface area contributed by atoms with Gasteiger partial charge in [-0.3, -0.25) is 4.98 Å². The van der Waals surface area contributed by atoms with Crippen molar-refractivity contribution in [2.24, 2.45) is 0 Å². The predicted octanol–water partition coefficient (Wildman–Crippen LogP) is 17.0. The van der Waals surface area contributed by atoms with Crippen molar-refractivity contribution in [3.8, 4) is 39.7 Å². The summed E-state index contributed by atoms with van der Waals surface area (Å²) in [7, 11) is 0. The zero-order valence-electron chi connectivity index (χ0n) is 36.0. The van der Waals surface area contributed by atoms with Gasteiger partial charge in [0.05, 0.1) is 61.9 Å². The SMILES string of the molecule is [C-]#[N+]c1c(-c2ccccc2)c(C#N)c(-n2c3ccc4c5ccccc5oc4c3c3ccc4c5ccccc5sc4c32)c(-c2ccccc2)c1-n1c2cccc3c4ccccc4c4cncc1c4c32. The molecule has 0 saturated carbocycles. The van der Waals surface area contributed by atoms with Crippen molar-refractivity contribution in [1.29, 1.82) is 5.26 Å². The molecule has 0 unspecified atom stereocenters. The minimum Gasteiger partial charge on any atom is -0.455 e. The van der Waals surface area contributed by atoms with Crippen LogP contribution in [0.5, 0.6) is 0 Å². The number of nitriles is 1. The summed E-state index contributed by atoms with van der Waals surface area (Å²) in [6.45, 7) is 9.32. The Hall–Kier alpha value is -9.27. The van der Waals surface area contributed by atoms with Crippen LogP contribution in [0.1, 0.15) is 5.56 Å². The van der Waals surface area contributed by atoms with Crippen LogP contribution < -0.4 is 0 Å². The van der Waals surface area contributed by atoms with Crippen LogP contribution in [0.15, 0.2) is 193 Å². The highest BCUT2D eigenvalue weighted by atomic mass is 32.1. The highest BCUT2D eigenvalue weighted by Gasteiger charge is 2.33. The first-order valence-corrected chi connectivity index (χ1v) is 23.4. The van der Waals surface area contributed by atoms with Gasteiger partial charge in [0.2, 0.25) is 5.69 Å². The van der Waals surface area contributed by atoms with Crippen LogP contribution in [0.4, 0.5) is 5.69 Å². The number of pyridine rings is 1. The molecule has 0 saturated heterocycles. The summed E-state index contributed by atoms with van der Waals surface area (Å²) in [6.07, 6.45) is 3.92. The molecule has 0 bridgehead atoms. The fourth-order valence-corrected chi connectivity index (χ4v) is 12.8. The van der Waals surface area contributed by atoms with Gasteiger partial charge < -0.3 is 13.6 Å². The maximum absolute atomic E-state index is 12.0. The molecular formula is C61H31N5OS. The number of aromatic nitrogens is 3. The molecular weight excluding hydrogens is 851 g/mol. The lowest BCUT2D eigenvalue weighted by molar-refractivity contribution is 0.673. The molecule has 0 fully saturated rings. The van der Waals surface area contributed by atoms with Gasteiger partial charge in [0.1, 0.15) is 17.2 Å². The molecule has 5 aromatic heterocycles. The molecule has 0 N–H and O–H groups in total. The molecule has 68 heavy (non-hydrogen) atoms. The summed E-state index contributed by atoms with van der Waals surface area (Å²) >= 11 is 1.76. The van der Waals surface area contributed by atoms with E-state index in [1.165, 1.54) is 10.1 Å². The number of thiophene rings is 1. The fraction of sp³-hybridized carbons (Fsp3) is 0. The third kappa shape index (κ3) is 4.69. The maximum Gasteiger partial charge on any atom is 0.220 e. The Labute approximate surface area is 391 Å². The quantitative estimate of drug-likeness (QED) is 0.131. The second kappa shape index (κ2) is 13.6. The first-order chi connectivity index (χ1) is 33.7. The minimum absolute atomic E-state index is 0.383. The third-order valence-corrected chi connectivity index (χ3v) is 15.4. The average molecular weight is 882 g/mol. The molecule has 10 aromatic carbocycles. The van der Waals surface area contributed by atoms with E-state index in [0.717, 1.165) is 114 Å². The molecule has 312 valence electrons. The van der Waals surface area contributed by atoms with Gasteiger partial charge in [0.15, 0.2) is 0 Å². The lowest BCUT2D eigenvalue weighted by Gasteiger charge is -2.25. The molecule has 0 aliphatic rings. The Kier molecular flexibility index (Phi) is 7.42. The van der Waals surface area contributed by atoms with Gasteiger partial charge in [-0.25, -0.2) is 4.85 Å². The summed E-state index contributed by atoms with van der Waals surface area (Å²) in [5.74, 6) is 0. The van der Waals surface area contributed by atoms with Gasteiger partial charge in [-0.05, 0) is 57.6 Å². The summed E-state index contributed by atoms with van der Waals surface area (Å²) < 4.78 is 13.8. The number of hydrogen-bond acceptors (Lipinski definition) is 4. The predicted molar refractivity (Wildman–Crippen MR) is 281 cm³/mol. The van der Waals surface area contributed by atoms with Gasteiger partial charge in [-0.1, -0.05) is 146 Å². The zero-order chi connectivity index (χ0) is 44.8. The second-order valence-electron chi connectivity index (χ2n) is 17.5. The Morgan fingerprint density at radius 2 is 1.13 bits per heavy atom. The number of nitrogens with zero attached hydrogens (tertiary/aromatic N) is 5. The molecule has 0 atom stereocenters. The number of rotatable bonds is 4. The van der Waals surface area contributed by atoms with Crippen LogP contribution in [0.2, 0.25) is 0 Å². The van der Waals surface area contributed by atoms with E-state index in [1.807, 2.05) is 73.1 Å². The molecule has 0 aliphatic carbocycles. The van der Waals surface area contributed by atoms with E-state index < -0.39 is 0 Å². The van der Waals surface area contributed by atoms with Crippen LogP contribution in [-0.2, 0) is 0 Å². The smallest absolute Gasteiger partial charge is 0.220 e. The Morgan fingerprint density at radius 3 is 1.91 bits per heavy atom. The monoisotopic (exact) mass is 881 g/mol. The zero-order valence-corrected chi connectivity index (χ0v) is 36.8. The molecule has 0 radical (unpaired) electrons. The largest absolute Gasteiger partial charge is 0.455 e. The van der Waals surface area contributed by atoms with E-state index in [-0.39, 0.29) is 0 Å². The van der Waals surface area contributed by atoms with Crippen molar-refractivity contribution in [3.63, 3.8) is 0 Å². The number of furan rings is 1. The van der Waals surface area contributed by atoms with Crippen LogP contribution in [0.25, 0.3) is 146 Å².